The lowest BCUT2D eigenvalue weighted by Crippen LogP contribution is -2.11. The average molecular weight is 340 g/mol. The number of hydrogen-bond acceptors (Lipinski definition) is 3. The molecule has 0 spiro atoms. The summed E-state index contributed by atoms with van der Waals surface area (Å²) in [6, 6.07) is 7.55. The Morgan fingerprint density at radius 2 is 2.05 bits per heavy atom. The van der Waals surface area contributed by atoms with Crippen molar-refractivity contribution in [1.29, 1.82) is 0 Å². The zero-order valence-corrected chi connectivity index (χ0v) is 13.3. The van der Waals surface area contributed by atoms with Gasteiger partial charge in [0.2, 0.25) is 0 Å². The lowest BCUT2D eigenvalue weighted by atomic mass is 10.2. The van der Waals surface area contributed by atoms with Gasteiger partial charge in [-0.3, -0.25) is 4.79 Å². The van der Waals surface area contributed by atoms with E-state index in [2.05, 4.69) is 21.2 Å². The van der Waals surface area contributed by atoms with Gasteiger partial charge in [0.05, 0.1) is 21.5 Å². The van der Waals surface area contributed by atoms with Crippen molar-refractivity contribution in [2.45, 2.75) is 13.8 Å². The topological polar surface area (TPSA) is 38.3 Å². The summed E-state index contributed by atoms with van der Waals surface area (Å²) in [6.45, 7) is 3.94. The van der Waals surface area contributed by atoms with E-state index in [1.165, 1.54) is 11.3 Å². The molecule has 0 unspecified atom stereocenters. The van der Waals surface area contributed by atoms with E-state index < -0.39 is 0 Å². The molecule has 0 aliphatic heterocycles. The van der Waals surface area contributed by atoms with Crippen LogP contribution >= 0.6 is 27.3 Å². The summed E-state index contributed by atoms with van der Waals surface area (Å²) in [6.07, 6.45) is 0. The van der Waals surface area contributed by atoms with E-state index in [0.717, 1.165) is 14.9 Å². The second-order valence-corrected chi connectivity index (χ2v) is 6.60. The van der Waals surface area contributed by atoms with Gasteiger partial charge in [0.25, 0.3) is 5.91 Å². The molecule has 0 bridgehead atoms. The van der Waals surface area contributed by atoms with Crippen molar-refractivity contribution in [3.05, 3.63) is 44.1 Å². The summed E-state index contributed by atoms with van der Waals surface area (Å²) < 4.78 is 6.25. The highest BCUT2D eigenvalue weighted by Gasteiger charge is 2.13. The number of halogens is 1. The van der Waals surface area contributed by atoms with Gasteiger partial charge in [0, 0.05) is 0 Å². The van der Waals surface area contributed by atoms with Crippen LogP contribution in [0.1, 0.15) is 20.8 Å². The van der Waals surface area contributed by atoms with Crippen molar-refractivity contribution in [2.75, 3.05) is 12.4 Å². The maximum absolute atomic E-state index is 12.2. The molecule has 2 aromatic rings. The zero-order valence-electron chi connectivity index (χ0n) is 10.9. The number of anilines is 1. The molecule has 100 valence electrons. The molecule has 3 nitrogen and oxygen atoms in total. The van der Waals surface area contributed by atoms with Crippen molar-refractivity contribution in [3.8, 4) is 5.75 Å². The van der Waals surface area contributed by atoms with Crippen LogP contribution in [0.5, 0.6) is 5.75 Å². The number of carbonyl (C=O) groups excluding carboxylic acids is 1. The van der Waals surface area contributed by atoms with Crippen LogP contribution in [0, 0.1) is 13.8 Å². The summed E-state index contributed by atoms with van der Waals surface area (Å²) in [5.74, 6) is 0.543. The Bertz CT molecular complexity index is 602. The van der Waals surface area contributed by atoms with Crippen molar-refractivity contribution in [2.24, 2.45) is 0 Å². The van der Waals surface area contributed by atoms with Crippen LogP contribution in [0.3, 0.4) is 0 Å². The van der Waals surface area contributed by atoms with Crippen molar-refractivity contribution < 1.29 is 9.53 Å². The van der Waals surface area contributed by atoms with E-state index in [0.29, 0.717) is 16.3 Å². The fourth-order valence-corrected chi connectivity index (χ4v) is 3.09. The first-order valence-corrected chi connectivity index (χ1v) is 7.34. The Kier molecular flexibility index (Phi) is 4.27. The van der Waals surface area contributed by atoms with Gasteiger partial charge in [-0.1, -0.05) is 6.07 Å². The molecule has 1 aromatic carbocycles. The summed E-state index contributed by atoms with van der Waals surface area (Å²) in [5, 5.41) is 2.87. The molecule has 0 saturated carbocycles. The third-order valence-corrected chi connectivity index (χ3v) is 4.82. The first kappa shape index (κ1) is 14.1. The van der Waals surface area contributed by atoms with Gasteiger partial charge < -0.3 is 10.1 Å². The predicted octanol–water partition coefficient (Wildman–Crippen LogP) is 4.39. The van der Waals surface area contributed by atoms with E-state index in [4.69, 9.17) is 4.74 Å². The molecule has 1 amide bonds. The van der Waals surface area contributed by atoms with Gasteiger partial charge in [-0.25, -0.2) is 0 Å². The molecule has 19 heavy (non-hydrogen) atoms. The molecule has 0 aliphatic rings. The number of aryl methyl sites for hydroxylation is 2. The number of hydrogen-bond donors (Lipinski definition) is 1. The first-order chi connectivity index (χ1) is 9.01. The minimum Gasteiger partial charge on any atom is -0.495 e. The van der Waals surface area contributed by atoms with Crippen LogP contribution in [0.15, 0.2) is 28.1 Å². The SMILES string of the molecule is COc1cc(C)ccc1NC(=O)c1cc(C)c(Br)s1. The third kappa shape index (κ3) is 3.16. The smallest absolute Gasteiger partial charge is 0.265 e. The Morgan fingerprint density at radius 1 is 1.32 bits per heavy atom. The van der Waals surface area contributed by atoms with Crippen LogP contribution < -0.4 is 10.1 Å². The molecular weight excluding hydrogens is 326 g/mol. The minimum absolute atomic E-state index is 0.124. The normalized spacial score (nSPS) is 10.3. The van der Waals surface area contributed by atoms with Gasteiger partial charge in [-0.2, -0.15) is 0 Å². The second-order valence-electron chi connectivity index (χ2n) is 4.23. The number of amides is 1. The summed E-state index contributed by atoms with van der Waals surface area (Å²) in [7, 11) is 1.59. The number of rotatable bonds is 3. The van der Waals surface area contributed by atoms with Crippen molar-refractivity contribution in [3.63, 3.8) is 0 Å². The number of methoxy groups -OCH3 is 1. The lowest BCUT2D eigenvalue weighted by molar-refractivity contribution is 0.103. The van der Waals surface area contributed by atoms with E-state index in [9.17, 15) is 4.79 Å². The van der Waals surface area contributed by atoms with E-state index in [1.807, 2.05) is 38.1 Å². The van der Waals surface area contributed by atoms with Gasteiger partial charge >= 0.3 is 0 Å². The molecule has 0 atom stereocenters. The maximum Gasteiger partial charge on any atom is 0.265 e. The van der Waals surface area contributed by atoms with Gasteiger partial charge in [-0.15, -0.1) is 11.3 Å². The standard InChI is InChI=1S/C14H14BrNO2S/c1-8-4-5-10(11(6-8)18-3)16-14(17)12-7-9(2)13(15)19-12/h4-7H,1-3H3,(H,16,17). The second kappa shape index (κ2) is 5.75. The molecule has 1 N–H and O–H groups in total. The molecule has 1 heterocycles. The first-order valence-electron chi connectivity index (χ1n) is 5.73. The van der Waals surface area contributed by atoms with Crippen LogP contribution in [0.2, 0.25) is 0 Å². The molecule has 0 saturated heterocycles. The van der Waals surface area contributed by atoms with Crippen molar-refractivity contribution >= 4 is 38.9 Å². The van der Waals surface area contributed by atoms with E-state index in [-0.39, 0.29) is 5.91 Å². The molecule has 0 radical (unpaired) electrons. The molecule has 0 aliphatic carbocycles. The Labute approximate surface area is 124 Å². The van der Waals surface area contributed by atoms with E-state index in [1.54, 1.807) is 7.11 Å². The molecule has 2 rings (SSSR count). The highest BCUT2D eigenvalue weighted by Crippen LogP contribution is 2.30. The predicted molar refractivity (Wildman–Crippen MR) is 82.4 cm³/mol. The van der Waals surface area contributed by atoms with Crippen LogP contribution in [-0.2, 0) is 0 Å². The lowest BCUT2D eigenvalue weighted by Gasteiger charge is -2.10. The maximum atomic E-state index is 12.2. The zero-order chi connectivity index (χ0) is 14.0. The Morgan fingerprint density at radius 3 is 2.63 bits per heavy atom. The number of carbonyl (C=O) groups is 1. The summed E-state index contributed by atoms with van der Waals surface area (Å²) >= 11 is 4.84. The quantitative estimate of drug-likeness (QED) is 0.900. The third-order valence-electron chi connectivity index (χ3n) is 2.69. The van der Waals surface area contributed by atoms with E-state index >= 15 is 0 Å². The van der Waals surface area contributed by atoms with Crippen LogP contribution in [-0.4, -0.2) is 13.0 Å². The number of thiophene rings is 1. The molecular formula is C14H14BrNO2S. The van der Waals surface area contributed by atoms with Gasteiger partial charge in [-0.05, 0) is 59.1 Å². The molecule has 0 fully saturated rings. The number of benzene rings is 1. The number of nitrogens with one attached hydrogen (secondary N) is 1. The van der Waals surface area contributed by atoms with Crippen molar-refractivity contribution in [1.82, 2.24) is 0 Å². The van der Waals surface area contributed by atoms with Gasteiger partial charge in [0.15, 0.2) is 0 Å². The Balaban J connectivity index is 2.23. The van der Waals surface area contributed by atoms with Gasteiger partial charge in [0.1, 0.15) is 5.75 Å². The van der Waals surface area contributed by atoms with Crippen LogP contribution in [0.25, 0.3) is 0 Å². The number of ether oxygens (including phenoxy) is 1. The fraction of sp³-hybridized carbons (Fsp3) is 0.214. The monoisotopic (exact) mass is 339 g/mol. The Hall–Kier alpha value is -1.33. The highest BCUT2D eigenvalue weighted by atomic mass is 79.9. The fourth-order valence-electron chi connectivity index (χ4n) is 1.66. The largest absolute Gasteiger partial charge is 0.495 e. The summed E-state index contributed by atoms with van der Waals surface area (Å²) in [5.41, 5.74) is 2.83. The highest BCUT2D eigenvalue weighted by molar-refractivity contribution is 9.11. The van der Waals surface area contributed by atoms with Crippen LogP contribution in [0.4, 0.5) is 5.69 Å². The average Bonchev–Trinajstić information content (AvgIpc) is 2.72. The minimum atomic E-state index is -0.124. The summed E-state index contributed by atoms with van der Waals surface area (Å²) in [4.78, 5) is 12.8. The molecule has 1 aromatic heterocycles. The molecule has 5 heteroatoms.